The lowest BCUT2D eigenvalue weighted by atomic mass is 9.93. The number of carbonyl (C=O) groups is 1. The van der Waals surface area contributed by atoms with Gasteiger partial charge in [-0.1, -0.05) is 12.1 Å². The van der Waals surface area contributed by atoms with Crippen LogP contribution in [-0.4, -0.2) is 41.3 Å². The van der Waals surface area contributed by atoms with Crippen molar-refractivity contribution < 1.29 is 31.8 Å². The number of fused-ring (bicyclic) bond motifs is 1. The summed E-state index contributed by atoms with van der Waals surface area (Å²) in [5.41, 5.74) is 2.67. The van der Waals surface area contributed by atoms with Crippen LogP contribution in [-0.2, 0) is 6.42 Å². The molecule has 33 heavy (non-hydrogen) atoms. The van der Waals surface area contributed by atoms with Gasteiger partial charge in [0.15, 0.2) is 0 Å². The fourth-order valence-corrected chi connectivity index (χ4v) is 3.45. The van der Waals surface area contributed by atoms with Crippen molar-refractivity contribution in [3.63, 3.8) is 0 Å². The van der Waals surface area contributed by atoms with E-state index in [1.165, 1.54) is 30.6 Å². The van der Waals surface area contributed by atoms with Crippen molar-refractivity contribution in [2.45, 2.75) is 25.1 Å². The van der Waals surface area contributed by atoms with Crippen molar-refractivity contribution in [1.29, 1.82) is 0 Å². The Labute approximate surface area is 186 Å². The molecule has 1 aliphatic rings. The van der Waals surface area contributed by atoms with Crippen LogP contribution in [0.15, 0.2) is 54.9 Å². The van der Waals surface area contributed by atoms with Crippen LogP contribution in [0.5, 0.6) is 11.6 Å². The van der Waals surface area contributed by atoms with Crippen molar-refractivity contribution >= 4 is 5.91 Å². The van der Waals surface area contributed by atoms with E-state index < -0.39 is 31.1 Å². The standard InChI is InChI=1S/C23H19F4N3O3/c24-20-6-4-14(11-28-20)17-2-1-3-19-18(17)10-16(13-33-19)30-22(31)15-5-7-21(29-12-15)32-9-8-23(25,26)27/h1-7,11-12,16H,8-10,13H2,(H,30,31)/t16-/m0/s1. The number of nitrogens with zero attached hydrogens (tertiary/aromatic N) is 2. The number of amides is 1. The molecule has 172 valence electrons. The number of halogens is 4. The highest BCUT2D eigenvalue weighted by molar-refractivity contribution is 5.94. The molecule has 0 unspecified atom stereocenters. The molecule has 3 heterocycles. The summed E-state index contributed by atoms with van der Waals surface area (Å²) >= 11 is 0. The molecule has 0 aliphatic carbocycles. The molecule has 0 saturated heterocycles. The van der Waals surface area contributed by atoms with Gasteiger partial charge in [-0.2, -0.15) is 17.6 Å². The SMILES string of the molecule is O=C(N[C@@H]1COc2cccc(-c3ccc(F)nc3)c2C1)c1ccc(OCCC(F)(F)F)nc1. The van der Waals surface area contributed by atoms with Crippen LogP contribution in [0.3, 0.4) is 0 Å². The summed E-state index contributed by atoms with van der Waals surface area (Å²) in [6, 6.07) is 10.9. The topological polar surface area (TPSA) is 73.3 Å². The predicted octanol–water partition coefficient (Wildman–Crippen LogP) is 4.35. The predicted molar refractivity (Wildman–Crippen MR) is 110 cm³/mol. The highest BCUT2D eigenvalue weighted by atomic mass is 19.4. The molecule has 1 aliphatic heterocycles. The highest BCUT2D eigenvalue weighted by Crippen LogP contribution is 2.34. The van der Waals surface area contributed by atoms with Gasteiger partial charge in [-0.05, 0) is 29.8 Å². The third-order valence-corrected chi connectivity index (χ3v) is 5.03. The van der Waals surface area contributed by atoms with Crippen LogP contribution in [0.1, 0.15) is 22.3 Å². The van der Waals surface area contributed by atoms with Crippen LogP contribution in [0.2, 0.25) is 0 Å². The lowest BCUT2D eigenvalue weighted by Crippen LogP contribution is -2.42. The van der Waals surface area contributed by atoms with E-state index in [0.717, 1.165) is 16.7 Å². The molecule has 10 heteroatoms. The van der Waals surface area contributed by atoms with Crippen LogP contribution >= 0.6 is 0 Å². The van der Waals surface area contributed by atoms with E-state index in [4.69, 9.17) is 9.47 Å². The van der Waals surface area contributed by atoms with Gasteiger partial charge >= 0.3 is 6.18 Å². The lowest BCUT2D eigenvalue weighted by molar-refractivity contribution is -0.139. The first-order valence-electron chi connectivity index (χ1n) is 10.1. The van der Waals surface area contributed by atoms with E-state index in [-0.39, 0.29) is 24.1 Å². The molecular weight excluding hydrogens is 442 g/mol. The average molecular weight is 461 g/mol. The summed E-state index contributed by atoms with van der Waals surface area (Å²) in [4.78, 5) is 20.2. The number of carbonyl (C=O) groups excluding carboxylic acids is 1. The summed E-state index contributed by atoms with van der Waals surface area (Å²) in [6.07, 6.45) is -2.23. The minimum Gasteiger partial charge on any atom is -0.491 e. The van der Waals surface area contributed by atoms with Crippen LogP contribution < -0.4 is 14.8 Å². The number of pyridine rings is 2. The van der Waals surface area contributed by atoms with E-state index in [9.17, 15) is 22.4 Å². The zero-order valence-electron chi connectivity index (χ0n) is 17.2. The zero-order chi connectivity index (χ0) is 23.4. The van der Waals surface area contributed by atoms with Crippen molar-refractivity contribution in [1.82, 2.24) is 15.3 Å². The molecule has 0 saturated carbocycles. The molecular formula is C23H19F4N3O3. The maximum atomic E-state index is 13.2. The Hall–Kier alpha value is -3.69. The smallest absolute Gasteiger partial charge is 0.392 e. The first kappa shape index (κ1) is 22.5. The van der Waals surface area contributed by atoms with E-state index >= 15 is 0 Å². The van der Waals surface area contributed by atoms with Gasteiger partial charge in [0, 0.05) is 36.0 Å². The van der Waals surface area contributed by atoms with Gasteiger partial charge in [0.2, 0.25) is 11.8 Å². The second-order valence-electron chi connectivity index (χ2n) is 7.44. The maximum absolute atomic E-state index is 13.2. The third-order valence-electron chi connectivity index (χ3n) is 5.03. The number of aromatic nitrogens is 2. The van der Waals surface area contributed by atoms with Gasteiger partial charge < -0.3 is 14.8 Å². The molecule has 2 aromatic heterocycles. The summed E-state index contributed by atoms with van der Waals surface area (Å²) < 4.78 is 60.6. The van der Waals surface area contributed by atoms with Gasteiger partial charge in [-0.25, -0.2) is 9.97 Å². The molecule has 1 aromatic carbocycles. The van der Waals surface area contributed by atoms with Gasteiger partial charge in [0.1, 0.15) is 12.4 Å². The number of nitrogens with one attached hydrogen (secondary N) is 1. The van der Waals surface area contributed by atoms with E-state index in [2.05, 4.69) is 15.3 Å². The van der Waals surface area contributed by atoms with Gasteiger partial charge in [-0.3, -0.25) is 4.79 Å². The number of alkyl halides is 3. The Morgan fingerprint density at radius 1 is 1.12 bits per heavy atom. The Kier molecular flexibility index (Phi) is 6.43. The Morgan fingerprint density at radius 2 is 1.97 bits per heavy atom. The fraction of sp³-hybridized carbons (Fsp3) is 0.261. The molecule has 0 fully saturated rings. The second kappa shape index (κ2) is 9.43. The number of hydrogen-bond acceptors (Lipinski definition) is 5. The molecule has 1 atom stereocenters. The van der Waals surface area contributed by atoms with Crippen LogP contribution in [0.25, 0.3) is 11.1 Å². The summed E-state index contributed by atoms with van der Waals surface area (Å²) in [7, 11) is 0. The van der Waals surface area contributed by atoms with Crippen molar-refractivity contribution in [3.05, 3.63) is 71.9 Å². The first-order valence-corrected chi connectivity index (χ1v) is 10.1. The molecule has 3 aromatic rings. The van der Waals surface area contributed by atoms with Crippen molar-refractivity contribution in [2.24, 2.45) is 0 Å². The fourth-order valence-electron chi connectivity index (χ4n) is 3.45. The number of ether oxygens (including phenoxy) is 2. The molecule has 0 bridgehead atoms. The normalized spacial score (nSPS) is 15.3. The van der Waals surface area contributed by atoms with E-state index in [1.54, 1.807) is 6.07 Å². The van der Waals surface area contributed by atoms with Gasteiger partial charge in [-0.15, -0.1) is 0 Å². The summed E-state index contributed by atoms with van der Waals surface area (Å²) in [5, 5.41) is 2.88. The van der Waals surface area contributed by atoms with Crippen molar-refractivity contribution in [2.75, 3.05) is 13.2 Å². The monoisotopic (exact) mass is 461 g/mol. The Morgan fingerprint density at radius 3 is 2.67 bits per heavy atom. The highest BCUT2D eigenvalue weighted by Gasteiger charge is 2.27. The lowest BCUT2D eigenvalue weighted by Gasteiger charge is -2.28. The Bertz CT molecular complexity index is 1120. The second-order valence-corrected chi connectivity index (χ2v) is 7.44. The molecule has 6 nitrogen and oxygen atoms in total. The maximum Gasteiger partial charge on any atom is 0.392 e. The number of benzene rings is 1. The minimum absolute atomic E-state index is 0.00303. The third kappa shape index (κ3) is 5.76. The van der Waals surface area contributed by atoms with Gasteiger partial charge in [0.25, 0.3) is 5.91 Å². The summed E-state index contributed by atoms with van der Waals surface area (Å²) in [5.74, 6) is -0.287. The van der Waals surface area contributed by atoms with E-state index in [1.807, 2.05) is 18.2 Å². The molecule has 4 rings (SSSR count). The molecule has 0 radical (unpaired) electrons. The average Bonchev–Trinajstić information content (AvgIpc) is 2.79. The quantitative estimate of drug-likeness (QED) is 0.437. The van der Waals surface area contributed by atoms with Gasteiger partial charge in [0.05, 0.1) is 24.6 Å². The molecule has 1 N–H and O–H groups in total. The first-order chi connectivity index (χ1) is 15.8. The molecule has 1 amide bonds. The Balaban J connectivity index is 1.40. The van der Waals surface area contributed by atoms with Crippen molar-refractivity contribution in [3.8, 4) is 22.8 Å². The zero-order valence-corrected chi connectivity index (χ0v) is 17.2. The summed E-state index contributed by atoms with van der Waals surface area (Å²) in [6.45, 7) is -0.289. The van der Waals surface area contributed by atoms with E-state index in [0.29, 0.717) is 12.2 Å². The molecule has 0 spiro atoms. The number of hydrogen-bond donors (Lipinski definition) is 1. The minimum atomic E-state index is -4.31. The van der Waals surface area contributed by atoms with Crippen LogP contribution in [0, 0.1) is 5.95 Å². The largest absolute Gasteiger partial charge is 0.491 e. The van der Waals surface area contributed by atoms with Crippen LogP contribution in [0.4, 0.5) is 17.6 Å². The number of rotatable bonds is 6.